The van der Waals surface area contributed by atoms with Crippen molar-refractivity contribution in [2.75, 3.05) is 30.3 Å². The molecule has 0 amide bonds. The van der Waals surface area contributed by atoms with Crippen LogP contribution in [0.15, 0.2) is 24.3 Å². The Morgan fingerprint density at radius 1 is 1.38 bits per heavy atom. The molecular weight excluding hydrogens is 200 g/mol. The van der Waals surface area contributed by atoms with Crippen LogP contribution in [0.4, 0.5) is 11.4 Å². The predicted octanol–water partition coefficient (Wildman–Crippen LogP) is 1.72. The van der Waals surface area contributed by atoms with E-state index in [9.17, 15) is 5.11 Å². The number of hydrogen-bond donors (Lipinski definition) is 2. The van der Waals surface area contributed by atoms with Gasteiger partial charge in [0, 0.05) is 37.0 Å². The van der Waals surface area contributed by atoms with Crippen molar-refractivity contribution in [3.8, 4) is 0 Å². The molecule has 16 heavy (non-hydrogen) atoms. The topological polar surface area (TPSA) is 49.5 Å². The minimum atomic E-state index is 0.177. The number of aliphatic hydroxyl groups is 1. The van der Waals surface area contributed by atoms with Crippen LogP contribution in [0, 0.1) is 11.3 Å². The predicted molar refractivity (Wildman–Crippen MR) is 67.4 cm³/mol. The van der Waals surface area contributed by atoms with E-state index in [0.29, 0.717) is 5.92 Å². The Morgan fingerprint density at radius 3 is 2.50 bits per heavy atom. The SMILES string of the molecule is CC1(C)CN(c2ccc(N)cc2)C[C@@H]1CO. The molecule has 0 saturated carbocycles. The molecule has 1 aliphatic rings. The molecule has 3 N–H and O–H groups in total. The van der Waals surface area contributed by atoms with Crippen LogP contribution in [-0.2, 0) is 0 Å². The number of benzene rings is 1. The zero-order valence-corrected chi connectivity index (χ0v) is 9.98. The number of hydrogen-bond acceptors (Lipinski definition) is 3. The third kappa shape index (κ3) is 2.00. The smallest absolute Gasteiger partial charge is 0.0481 e. The van der Waals surface area contributed by atoms with Crippen molar-refractivity contribution in [2.24, 2.45) is 11.3 Å². The lowest BCUT2D eigenvalue weighted by Crippen LogP contribution is -2.25. The molecule has 0 aliphatic carbocycles. The summed E-state index contributed by atoms with van der Waals surface area (Å²) >= 11 is 0. The van der Waals surface area contributed by atoms with Crippen LogP contribution in [-0.4, -0.2) is 24.8 Å². The van der Waals surface area contributed by atoms with Gasteiger partial charge >= 0.3 is 0 Å². The summed E-state index contributed by atoms with van der Waals surface area (Å²) in [6.07, 6.45) is 0. The first-order valence-electron chi connectivity index (χ1n) is 5.74. The van der Waals surface area contributed by atoms with Crippen molar-refractivity contribution in [1.29, 1.82) is 0 Å². The Bertz CT molecular complexity index is 359. The molecule has 1 aliphatic heterocycles. The van der Waals surface area contributed by atoms with Crippen LogP contribution in [0.25, 0.3) is 0 Å². The van der Waals surface area contributed by atoms with Crippen molar-refractivity contribution in [3.05, 3.63) is 24.3 Å². The van der Waals surface area contributed by atoms with E-state index < -0.39 is 0 Å². The van der Waals surface area contributed by atoms with Crippen LogP contribution in [0.5, 0.6) is 0 Å². The molecule has 0 bridgehead atoms. The minimum Gasteiger partial charge on any atom is -0.399 e. The van der Waals surface area contributed by atoms with Crippen molar-refractivity contribution in [2.45, 2.75) is 13.8 Å². The summed E-state index contributed by atoms with van der Waals surface area (Å²) in [4.78, 5) is 2.32. The molecule has 0 spiro atoms. The van der Waals surface area contributed by atoms with E-state index in [1.54, 1.807) is 0 Å². The van der Waals surface area contributed by atoms with E-state index in [1.165, 1.54) is 5.69 Å². The van der Waals surface area contributed by atoms with Crippen LogP contribution in [0.2, 0.25) is 0 Å². The van der Waals surface area contributed by atoms with E-state index in [1.807, 2.05) is 24.3 Å². The van der Waals surface area contributed by atoms with Crippen LogP contribution in [0.3, 0.4) is 0 Å². The highest BCUT2D eigenvalue weighted by atomic mass is 16.3. The highest BCUT2D eigenvalue weighted by molar-refractivity contribution is 5.54. The van der Waals surface area contributed by atoms with Crippen molar-refractivity contribution in [3.63, 3.8) is 0 Å². The normalized spacial score (nSPS) is 23.7. The fourth-order valence-corrected chi connectivity index (χ4v) is 2.39. The maximum absolute atomic E-state index is 9.36. The monoisotopic (exact) mass is 220 g/mol. The second-order valence-corrected chi connectivity index (χ2v) is 5.34. The van der Waals surface area contributed by atoms with E-state index in [4.69, 9.17) is 5.73 Å². The lowest BCUT2D eigenvalue weighted by Gasteiger charge is -2.23. The standard InChI is InChI=1S/C13H20N2O/c1-13(2)9-15(7-10(13)8-16)12-5-3-11(14)4-6-12/h3-6,10,16H,7-9,14H2,1-2H3/t10-/m1/s1. The zero-order valence-electron chi connectivity index (χ0n) is 9.98. The second kappa shape index (κ2) is 3.98. The summed E-state index contributed by atoms with van der Waals surface area (Å²) in [5, 5.41) is 9.36. The molecule has 1 heterocycles. The van der Waals surface area contributed by atoms with Crippen molar-refractivity contribution >= 4 is 11.4 Å². The molecular formula is C13H20N2O. The third-order valence-electron chi connectivity index (χ3n) is 3.62. The first-order valence-corrected chi connectivity index (χ1v) is 5.74. The number of anilines is 2. The van der Waals surface area contributed by atoms with E-state index in [2.05, 4.69) is 18.7 Å². The maximum atomic E-state index is 9.36. The fraction of sp³-hybridized carbons (Fsp3) is 0.538. The highest BCUT2D eigenvalue weighted by Crippen LogP contribution is 2.37. The Kier molecular flexibility index (Phi) is 2.80. The van der Waals surface area contributed by atoms with E-state index >= 15 is 0 Å². The van der Waals surface area contributed by atoms with Crippen LogP contribution in [0.1, 0.15) is 13.8 Å². The van der Waals surface area contributed by atoms with Gasteiger partial charge in [-0.25, -0.2) is 0 Å². The van der Waals surface area contributed by atoms with E-state index in [-0.39, 0.29) is 12.0 Å². The van der Waals surface area contributed by atoms with Gasteiger partial charge in [0.1, 0.15) is 0 Å². The number of nitrogens with two attached hydrogens (primary N) is 1. The molecule has 1 saturated heterocycles. The van der Waals surface area contributed by atoms with E-state index in [0.717, 1.165) is 18.8 Å². The molecule has 88 valence electrons. The molecule has 3 nitrogen and oxygen atoms in total. The zero-order chi connectivity index (χ0) is 11.8. The van der Waals surface area contributed by atoms with Gasteiger partial charge in [-0.2, -0.15) is 0 Å². The Morgan fingerprint density at radius 2 is 2.00 bits per heavy atom. The summed E-state index contributed by atoms with van der Waals surface area (Å²) in [7, 11) is 0. The lowest BCUT2D eigenvalue weighted by atomic mass is 9.83. The Labute approximate surface area is 96.9 Å². The summed E-state index contributed by atoms with van der Waals surface area (Å²) in [6, 6.07) is 7.94. The number of aliphatic hydroxyl groups excluding tert-OH is 1. The Hall–Kier alpha value is -1.22. The molecule has 1 aromatic carbocycles. The summed E-state index contributed by atoms with van der Waals surface area (Å²) < 4.78 is 0. The molecule has 0 aromatic heterocycles. The fourth-order valence-electron chi connectivity index (χ4n) is 2.39. The Balaban J connectivity index is 2.16. The van der Waals surface area contributed by atoms with Gasteiger partial charge in [0.2, 0.25) is 0 Å². The maximum Gasteiger partial charge on any atom is 0.0481 e. The quantitative estimate of drug-likeness (QED) is 0.746. The van der Waals surface area contributed by atoms with Gasteiger partial charge in [0.05, 0.1) is 0 Å². The number of rotatable bonds is 2. The second-order valence-electron chi connectivity index (χ2n) is 5.34. The molecule has 1 aromatic rings. The summed E-state index contributed by atoms with van der Waals surface area (Å²) in [6.45, 7) is 6.60. The molecule has 0 radical (unpaired) electrons. The summed E-state index contributed by atoms with van der Waals surface area (Å²) in [5.74, 6) is 0.352. The first kappa shape index (κ1) is 11.3. The molecule has 1 atom stereocenters. The average molecular weight is 220 g/mol. The van der Waals surface area contributed by atoms with Crippen molar-refractivity contribution < 1.29 is 5.11 Å². The van der Waals surface area contributed by atoms with Crippen LogP contribution < -0.4 is 10.6 Å². The molecule has 0 unspecified atom stereocenters. The van der Waals surface area contributed by atoms with Gasteiger partial charge in [0.25, 0.3) is 0 Å². The van der Waals surface area contributed by atoms with Gasteiger partial charge < -0.3 is 15.7 Å². The van der Waals surface area contributed by atoms with Gasteiger partial charge in [-0.05, 0) is 29.7 Å². The third-order valence-corrected chi connectivity index (χ3v) is 3.62. The molecule has 3 heteroatoms. The number of nitrogens with zero attached hydrogens (tertiary/aromatic N) is 1. The van der Waals surface area contributed by atoms with Crippen molar-refractivity contribution in [1.82, 2.24) is 0 Å². The van der Waals surface area contributed by atoms with Gasteiger partial charge in [-0.15, -0.1) is 0 Å². The largest absolute Gasteiger partial charge is 0.399 e. The minimum absolute atomic E-state index is 0.177. The first-order chi connectivity index (χ1) is 7.53. The van der Waals surface area contributed by atoms with Gasteiger partial charge in [-0.3, -0.25) is 0 Å². The number of nitrogen functional groups attached to an aromatic ring is 1. The summed E-state index contributed by atoms with van der Waals surface area (Å²) in [5.41, 5.74) is 7.84. The lowest BCUT2D eigenvalue weighted by molar-refractivity contribution is 0.161. The van der Waals surface area contributed by atoms with Gasteiger partial charge in [-0.1, -0.05) is 13.8 Å². The van der Waals surface area contributed by atoms with Gasteiger partial charge in [0.15, 0.2) is 0 Å². The average Bonchev–Trinajstić information content (AvgIpc) is 2.54. The highest BCUT2D eigenvalue weighted by Gasteiger charge is 2.38. The van der Waals surface area contributed by atoms with Crippen LogP contribution >= 0.6 is 0 Å². The molecule has 2 rings (SSSR count). The molecule has 1 fully saturated rings.